The Hall–Kier alpha value is -1.96. The zero-order valence-corrected chi connectivity index (χ0v) is 11.7. The number of rotatable bonds is 5. The van der Waals surface area contributed by atoms with E-state index in [2.05, 4.69) is 19.8 Å². The molecule has 1 N–H and O–H groups in total. The molecule has 7 nitrogen and oxygen atoms in total. The van der Waals surface area contributed by atoms with Crippen molar-refractivity contribution in [3.05, 3.63) is 23.0 Å². The second-order valence-electron chi connectivity index (χ2n) is 3.78. The van der Waals surface area contributed by atoms with Gasteiger partial charge < -0.3 is 14.6 Å². The van der Waals surface area contributed by atoms with Crippen molar-refractivity contribution in [3.63, 3.8) is 0 Å². The highest BCUT2D eigenvalue weighted by molar-refractivity contribution is 7.10. The van der Waals surface area contributed by atoms with E-state index in [1.807, 2.05) is 0 Å². The van der Waals surface area contributed by atoms with E-state index in [1.54, 1.807) is 20.8 Å². The third-order valence-electron chi connectivity index (χ3n) is 2.31. The minimum absolute atomic E-state index is 0.330. The van der Waals surface area contributed by atoms with Gasteiger partial charge in [0.2, 0.25) is 5.89 Å². The Bertz CT molecular complexity index is 578. The number of aryl methyl sites for hydroxylation is 2. The number of nitrogens with one attached hydrogen (secondary N) is 1. The van der Waals surface area contributed by atoms with Crippen LogP contribution in [0.1, 0.15) is 34.7 Å². The quantitative estimate of drug-likeness (QED) is 0.838. The minimum atomic E-state index is -0.377. The molecule has 2 rings (SSSR count). The molecule has 2 heterocycles. The molecule has 0 saturated carbocycles. The first kappa shape index (κ1) is 13.5. The molecule has 0 aromatic carbocycles. The van der Waals surface area contributed by atoms with Gasteiger partial charge in [-0.25, -0.2) is 4.79 Å². The van der Waals surface area contributed by atoms with E-state index in [0.29, 0.717) is 41.1 Å². The number of aromatic nitrogens is 3. The van der Waals surface area contributed by atoms with Crippen LogP contribution in [0.4, 0.5) is 5.00 Å². The van der Waals surface area contributed by atoms with Crippen LogP contribution in [0.2, 0.25) is 0 Å². The molecule has 0 aliphatic heterocycles. The number of carbonyl (C=O) groups excluding carboxylic acids is 1. The molecular weight excluding hydrogens is 268 g/mol. The van der Waals surface area contributed by atoms with Gasteiger partial charge in [-0.15, -0.1) is 0 Å². The van der Waals surface area contributed by atoms with Gasteiger partial charge in [0, 0.05) is 0 Å². The topological polar surface area (TPSA) is 90.1 Å². The zero-order valence-electron chi connectivity index (χ0n) is 10.9. The summed E-state index contributed by atoms with van der Waals surface area (Å²) in [6, 6.07) is 0. The Kier molecular flexibility index (Phi) is 4.10. The maximum Gasteiger partial charge on any atom is 0.343 e. The fourth-order valence-electron chi connectivity index (χ4n) is 1.50. The number of carbonyl (C=O) groups is 1. The summed E-state index contributed by atoms with van der Waals surface area (Å²) in [7, 11) is 0. The summed E-state index contributed by atoms with van der Waals surface area (Å²) in [6.07, 6.45) is 0. The minimum Gasteiger partial charge on any atom is -0.462 e. The monoisotopic (exact) mass is 282 g/mol. The lowest BCUT2D eigenvalue weighted by molar-refractivity contribution is 0.0527. The number of nitrogens with zero attached hydrogens (tertiary/aromatic N) is 3. The molecular formula is C11H14N4O3S. The van der Waals surface area contributed by atoms with Gasteiger partial charge in [-0.05, 0) is 32.3 Å². The molecule has 8 heteroatoms. The highest BCUT2D eigenvalue weighted by atomic mass is 32.1. The van der Waals surface area contributed by atoms with Crippen LogP contribution >= 0.6 is 11.5 Å². The van der Waals surface area contributed by atoms with Crippen molar-refractivity contribution in [1.82, 2.24) is 14.5 Å². The molecule has 0 aliphatic carbocycles. The van der Waals surface area contributed by atoms with E-state index in [9.17, 15) is 4.79 Å². The van der Waals surface area contributed by atoms with Crippen LogP contribution in [0.5, 0.6) is 0 Å². The molecule has 2 aromatic heterocycles. The summed E-state index contributed by atoms with van der Waals surface area (Å²) in [5, 5.41) is 7.40. The average Bonchev–Trinajstić information content (AvgIpc) is 2.93. The summed E-state index contributed by atoms with van der Waals surface area (Å²) in [5.41, 5.74) is 1.11. The molecule has 0 aliphatic rings. The van der Waals surface area contributed by atoms with Crippen molar-refractivity contribution in [1.29, 1.82) is 0 Å². The van der Waals surface area contributed by atoms with Crippen LogP contribution in [0, 0.1) is 13.8 Å². The van der Waals surface area contributed by atoms with Crippen LogP contribution in [0.15, 0.2) is 4.52 Å². The Balaban J connectivity index is 2.10. The van der Waals surface area contributed by atoms with Crippen LogP contribution in [0.25, 0.3) is 0 Å². The second kappa shape index (κ2) is 5.79. The van der Waals surface area contributed by atoms with E-state index < -0.39 is 0 Å². The Morgan fingerprint density at radius 3 is 2.89 bits per heavy atom. The van der Waals surface area contributed by atoms with Crippen molar-refractivity contribution < 1.29 is 14.1 Å². The van der Waals surface area contributed by atoms with E-state index in [4.69, 9.17) is 9.26 Å². The largest absolute Gasteiger partial charge is 0.462 e. The molecule has 19 heavy (non-hydrogen) atoms. The summed E-state index contributed by atoms with van der Waals surface area (Å²) >= 11 is 1.20. The molecule has 102 valence electrons. The maximum absolute atomic E-state index is 11.8. The fraction of sp³-hybridized carbons (Fsp3) is 0.455. The lowest BCUT2D eigenvalue weighted by Crippen LogP contribution is -2.09. The van der Waals surface area contributed by atoms with Crippen molar-refractivity contribution in [2.75, 3.05) is 11.9 Å². The molecule has 0 fully saturated rings. The number of anilines is 1. The van der Waals surface area contributed by atoms with Gasteiger partial charge in [0.1, 0.15) is 10.6 Å². The Morgan fingerprint density at radius 1 is 1.47 bits per heavy atom. The molecule has 0 saturated heterocycles. The molecule has 0 spiro atoms. The van der Waals surface area contributed by atoms with Crippen LogP contribution < -0.4 is 5.32 Å². The Labute approximate surface area is 114 Å². The van der Waals surface area contributed by atoms with Crippen molar-refractivity contribution in [2.24, 2.45) is 0 Å². The van der Waals surface area contributed by atoms with Gasteiger partial charge in [-0.1, -0.05) is 5.16 Å². The first-order valence-corrected chi connectivity index (χ1v) is 6.55. The van der Waals surface area contributed by atoms with Gasteiger partial charge in [-0.3, -0.25) is 0 Å². The standard InChI is InChI=1S/C11H14N4O3S/c1-4-17-11(16)9-6(2)15-19-10(9)12-5-8-13-7(3)14-18-8/h12H,4-5H2,1-3H3. The normalized spacial score (nSPS) is 10.5. The fourth-order valence-corrected chi connectivity index (χ4v) is 2.28. The smallest absolute Gasteiger partial charge is 0.343 e. The first-order chi connectivity index (χ1) is 9.11. The van der Waals surface area contributed by atoms with Gasteiger partial charge >= 0.3 is 5.97 Å². The molecule has 2 aromatic rings. The van der Waals surface area contributed by atoms with Crippen LogP contribution in [-0.4, -0.2) is 27.1 Å². The summed E-state index contributed by atoms with van der Waals surface area (Å²) < 4.78 is 14.1. The van der Waals surface area contributed by atoms with E-state index >= 15 is 0 Å². The second-order valence-corrected chi connectivity index (χ2v) is 4.55. The number of ether oxygens (including phenoxy) is 1. The summed E-state index contributed by atoms with van der Waals surface area (Å²) in [6.45, 7) is 5.95. The molecule has 0 bridgehead atoms. The predicted octanol–water partition coefficient (Wildman–Crippen LogP) is 1.93. The molecule has 0 unspecified atom stereocenters. The maximum atomic E-state index is 11.8. The van der Waals surface area contributed by atoms with E-state index in [0.717, 1.165) is 0 Å². The van der Waals surface area contributed by atoms with Gasteiger partial charge in [0.25, 0.3) is 0 Å². The third kappa shape index (κ3) is 3.08. The summed E-state index contributed by atoms with van der Waals surface area (Å²) in [5.74, 6) is 0.652. The molecule has 0 atom stereocenters. The lowest BCUT2D eigenvalue weighted by Gasteiger charge is -2.04. The zero-order chi connectivity index (χ0) is 13.8. The highest BCUT2D eigenvalue weighted by Crippen LogP contribution is 2.25. The highest BCUT2D eigenvalue weighted by Gasteiger charge is 2.19. The van der Waals surface area contributed by atoms with Gasteiger partial charge in [0.15, 0.2) is 5.82 Å². The lowest BCUT2D eigenvalue weighted by atomic mass is 10.2. The number of hydrogen-bond acceptors (Lipinski definition) is 8. The van der Waals surface area contributed by atoms with Crippen molar-refractivity contribution >= 4 is 22.5 Å². The SMILES string of the molecule is CCOC(=O)c1c(C)nsc1NCc1nc(C)no1. The van der Waals surface area contributed by atoms with Crippen LogP contribution in [-0.2, 0) is 11.3 Å². The molecule has 0 radical (unpaired) electrons. The van der Waals surface area contributed by atoms with Gasteiger partial charge in [-0.2, -0.15) is 9.36 Å². The average molecular weight is 282 g/mol. The summed E-state index contributed by atoms with van der Waals surface area (Å²) in [4.78, 5) is 15.9. The third-order valence-corrected chi connectivity index (χ3v) is 3.21. The molecule has 0 amide bonds. The Morgan fingerprint density at radius 2 is 2.26 bits per heavy atom. The van der Waals surface area contributed by atoms with E-state index in [1.165, 1.54) is 11.5 Å². The number of esters is 1. The van der Waals surface area contributed by atoms with Crippen molar-refractivity contribution in [2.45, 2.75) is 27.3 Å². The number of hydrogen-bond donors (Lipinski definition) is 1. The van der Waals surface area contributed by atoms with Crippen LogP contribution in [0.3, 0.4) is 0 Å². The van der Waals surface area contributed by atoms with Crippen molar-refractivity contribution in [3.8, 4) is 0 Å². The predicted molar refractivity (Wildman–Crippen MR) is 69.2 cm³/mol. The van der Waals surface area contributed by atoms with E-state index in [-0.39, 0.29) is 5.97 Å². The first-order valence-electron chi connectivity index (χ1n) is 5.78. The van der Waals surface area contributed by atoms with Gasteiger partial charge in [0.05, 0.1) is 18.8 Å².